The monoisotopic (exact) mass is 283 g/mol. The van der Waals surface area contributed by atoms with E-state index in [1.165, 1.54) is 6.20 Å². The maximum Gasteiger partial charge on any atom is 0.329 e. The number of aliphatic hydroxyl groups is 1. The summed E-state index contributed by atoms with van der Waals surface area (Å²) in [6.45, 7) is 6.20. The summed E-state index contributed by atoms with van der Waals surface area (Å²) in [5.41, 5.74) is -0.176. The van der Waals surface area contributed by atoms with Crippen molar-refractivity contribution in [2.45, 2.75) is 45.8 Å². The van der Waals surface area contributed by atoms with Crippen LogP contribution in [0, 0.1) is 10.1 Å². The Balaban J connectivity index is 2.90. The molecule has 0 aliphatic heterocycles. The Hall–Kier alpha value is -1.96. The van der Waals surface area contributed by atoms with Crippen molar-refractivity contribution in [1.29, 1.82) is 0 Å². The second-order valence-corrected chi connectivity index (χ2v) is 4.74. The van der Waals surface area contributed by atoms with Crippen LogP contribution in [-0.2, 0) is 0 Å². The van der Waals surface area contributed by atoms with Crippen molar-refractivity contribution in [3.63, 3.8) is 0 Å². The number of aliphatic hydroxyl groups excluding tert-OH is 1. The summed E-state index contributed by atoms with van der Waals surface area (Å²) >= 11 is 0. The Kier molecular flexibility index (Phi) is 6.10. The average molecular weight is 283 g/mol. The molecule has 0 aliphatic carbocycles. The van der Waals surface area contributed by atoms with Crippen molar-refractivity contribution >= 4 is 17.5 Å². The van der Waals surface area contributed by atoms with Gasteiger partial charge in [0.1, 0.15) is 6.20 Å². The van der Waals surface area contributed by atoms with Crippen molar-refractivity contribution < 1.29 is 10.0 Å². The third-order valence-corrected chi connectivity index (χ3v) is 2.58. The molecule has 0 saturated heterocycles. The van der Waals surface area contributed by atoms with Crippen LogP contribution in [0.2, 0.25) is 0 Å². The molecule has 0 aromatic carbocycles. The Morgan fingerprint density at radius 1 is 1.50 bits per heavy atom. The standard InChI is InChI=1S/C12H21N5O3/c1-4-5-13-12-14-7-10(17(19)20)11(16-12)15-8(2)6-9(3)18/h7-9,18H,4-6H2,1-3H3,(H2,13,14,15,16). The van der Waals surface area contributed by atoms with E-state index in [1.54, 1.807) is 6.92 Å². The molecule has 0 bridgehead atoms. The van der Waals surface area contributed by atoms with Gasteiger partial charge in [0.25, 0.3) is 0 Å². The smallest absolute Gasteiger partial charge is 0.329 e. The second-order valence-electron chi connectivity index (χ2n) is 4.74. The topological polar surface area (TPSA) is 113 Å². The number of nitrogens with zero attached hydrogens (tertiary/aromatic N) is 3. The first kappa shape index (κ1) is 16.1. The number of nitro groups is 1. The zero-order valence-electron chi connectivity index (χ0n) is 12.0. The van der Waals surface area contributed by atoms with Crippen molar-refractivity contribution in [2.24, 2.45) is 0 Å². The van der Waals surface area contributed by atoms with E-state index in [-0.39, 0.29) is 17.5 Å². The number of hydrogen-bond donors (Lipinski definition) is 3. The lowest BCUT2D eigenvalue weighted by atomic mass is 10.1. The van der Waals surface area contributed by atoms with Crippen LogP contribution in [0.25, 0.3) is 0 Å². The molecule has 8 nitrogen and oxygen atoms in total. The highest BCUT2D eigenvalue weighted by Crippen LogP contribution is 2.23. The van der Waals surface area contributed by atoms with Crippen molar-refractivity contribution in [2.75, 3.05) is 17.2 Å². The van der Waals surface area contributed by atoms with E-state index in [1.807, 2.05) is 13.8 Å². The van der Waals surface area contributed by atoms with E-state index in [4.69, 9.17) is 0 Å². The fourth-order valence-electron chi connectivity index (χ4n) is 1.74. The fourth-order valence-corrected chi connectivity index (χ4v) is 1.74. The van der Waals surface area contributed by atoms with Crippen molar-refractivity contribution in [3.8, 4) is 0 Å². The number of anilines is 2. The van der Waals surface area contributed by atoms with Gasteiger partial charge in [-0.15, -0.1) is 0 Å². The average Bonchev–Trinajstić information content (AvgIpc) is 2.35. The second kappa shape index (κ2) is 7.59. The van der Waals surface area contributed by atoms with Gasteiger partial charge in [0, 0.05) is 12.6 Å². The molecule has 1 heterocycles. The first-order valence-corrected chi connectivity index (χ1v) is 6.64. The van der Waals surface area contributed by atoms with Gasteiger partial charge in [-0.25, -0.2) is 4.98 Å². The lowest BCUT2D eigenvalue weighted by Gasteiger charge is -2.16. The molecular formula is C12H21N5O3. The van der Waals surface area contributed by atoms with Crippen molar-refractivity contribution in [1.82, 2.24) is 9.97 Å². The highest BCUT2D eigenvalue weighted by Gasteiger charge is 2.19. The van der Waals surface area contributed by atoms with Crippen LogP contribution in [0.5, 0.6) is 0 Å². The molecule has 2 atom stereocenters. The predicted octanol–water partition coefficient (Wildman–Crippen LogP) is 1.78. The molecule has 112 valence electrons. The summed E-state index contributed by atoms with van der Waals surface area (Å²) in [6, 6.07) is -0.136. The van der Waals surface area contributed by atoms with E-state index < -0.39 is 11.0 Å². The van der Waals surface area contributed by atoms with Crippen LogP contribution < -0.4 is 10.6 Å². The van der Waals surface area contributed by atoms with Gasteiger partial charge in [0.05, 0.1) is 11.0 Å². The summed E-state index contributed by atoms with van der Waals surface area (Å²) < 4.78 is 0. The summed E-state index contributed by atoms with van der Waals surface area (Å²) in [5, 5.41) is 26.2. The van der Waals surface area contributed by atoms with Crippen LogP contribution in [0.3, 0.4) is 0 Å². The zero-order valence-corrected chi connectivity index (χ0v) is 12.0. The van der Waals surface area contributed by atoms with Gasteiger partial charge in [0.2, 0.25) is 11.8 Å². The van der Waals surface area contributed by atoms with Gasteiger partial charge < -0.3 is 15.7 Å². The Morgan fingerprint density at radius 3 is 2.75 bits per heavy atom. The first-order valence-electron chi connectivity index (χ1n) is 6.64. The van der Waals surface area contributed by atoms with E-state index in [2.05, 4.69) is 20.6 Å². The normalized spacial score (nSPS) is 13.6. The molecular weight excluding hydrogens is 262 g/mol. The van der Waals surface area contributed by atoms with Crippen LogP contribution in [-0.4, -0.2) is 38.7 Å². The molecule has 1 rings (SSSR count). The third kappa shape index (κ3) is 4.96. The van der Waals surface area contributed by atoms with Crippen LogP contribution in [0.4, 0.5) is 17.5 Å². The summed E-state index contributed by atoms with van der Waals surface area (Å²) in [6.07, 6.45) is 2.07. The Bertz CT molecular complexity index is 453. The number of rotatable bonds is 8. The summed E-state index contributed by atoms with van der Waals surface area (Å²) in [7, 11) is 0. The third-order valence-electron chi connectivity index (χ3n) is 2.58. The summed E-state index contributed by atoms with van der Waals surface area (Å²) in [4.78, 5) is 18.5. The number of hydrogen-bond acceptors (Lipinski definition) is 7. The highest BCUT2D eigenvalue weighted by atomic mass is 16.6. The predicted molar refractivity (Wildman–Crippen MR) is 76.8 cm³/mol. The summed E-state index contributed by atoms with van der Waals surface area (Å²) in [5.74, 6) is 0.515. The molecule has 3 N–H and O–H groups in total. The molecule has 0 saturated carbocycles. The van der Waals surface area contributed by atoms with Gasteiger partial charge >= 0.3 is 5.69 Å². The molecule has 0 aliphatic rings. The Labute approximate surface area is 117 Å². The van der Waals surface area contributed by atoms with Gasteiger partial charge in [0.15, 0.2) is 0 Å². The van der Waals surface area contributed by atoms with Gasteiger partial charge in [-0.2, -0.15) is 4.98 Å². The van der Waals surface area contributed by atoms with E-state index in [0.29, 0.717) is 18.9 Å². The number of nitrogens with one attached hydrogen (secondary N) is 2. The molecule has 0 fully saturated rings. The molecule has 0 radical (unpaired) electrons. The van der Waals surface area contributed by atoms with Crippen LogP contribution in [0.15, 0.2) is 6.20 Å². The van der Waals surface area contributed by atoms with Gasteiger partial charge in [-0.1, -0.05) is 6.92 Å². The minimum absolute atomic E-state index is 0.136. The van der Waals surface area contributed by atoms with E-state index in [0.717, 1.165) is 6.42 Å². The largest absolute Gasteiger partial charge is 0.393 e. The van der Waals surface area contributed by atoms with Crippen LogP contribution in [0.1, 0.15) is 33.6 Å². The fraction of sp³-hybridized carbons (Fsp3) is 0.667. The van der Waals surface area contributed by atoms with Gasteiger partial charge in [-0.05, 0) is 26.7 Å². The molecule has 2 unspecified atom stereocenters. The van der Waals surface area contributed by atoms with E-state index >= 15 is 0 Å². The zero-order chi connectivity index (χ0) is 15.1. The molecule has 0 amide bonds. The molecule has 0 spiro atoms. The van der Waals surface area contributed by atoms with Gasteiger partial charge in [-0.3, -0.25) is 10.1 Å². The molecule has 1 aromatic rings. The molecule has 20 heavy (non-hydrogen) atoms. The first-order chi connectivity index (χ1) is 9.43. The van der Waals surface area contributed by atoms with Crippen molar-refractivity contribution in [3.05, 3.63) is 16.3 Å². The SMILES string of the molecule is CCCNc1ncc([N+](=O)[O-])c(NC(C)CC(C)O)n1. The molecule has 8 heteroatoms. The quantitative estimate of drug-likeness (QED) is 0.492. The van der Waals surface area contributed by atoms with Crippen LogP contribution >= 0.6 is 0 Å². The maximum atomic E-state index is 11.0. The maximum absolute atomic E-state index is 11.0. The Morgan fingerprint density at radius 2 is 2.20 bits per heavy atom. The lowest BCUT2D eigenvalue weighted by Crippen LogP contribution is -2.22. The molecule has 1 aromatic heterocycles. The minimum Gasteiger partial charge on any atom is -0.393 e. The highest BCUT2D eigenvalue weighted by molar-refractivity contribution is 5.57. The number of aromatic nitrogens is 2. The van der Waals surface area contributed by atoms with E-state index in [9.17, 15) is 15.2 Å². The minimum atomic E-state index is -0.527. The lowest BCUT2D eigenvalue weighted by molar-refractivity contribution is -0.384.